The highest BCUT2D eigenvalue weighted by atomic mass is 16.5. The first kappa shape index (κ1) is 17.4. The number of rotatable bonds is 5. The average molecular weight is 344 g/mol. The molecule has 1 aromatic heterocycles. The molecule has 2 atom stereocenters. The molecule has 3 rings (SSSR count). The summed E-state index contributed by atoms with van der Waals surface area (Å²) in [5.74, 6) is 1.01. The topological polar surface area (TPSA) is 89.3 Å². The maximum Gasteiger partial charge on any atom is 0.315 e. The lowest BCUT2D eigenvalue weighted by molar-refractivity contribution is 0.168. The Labute approximate surface area is 147 Å². The van der Waals surface area contributed by atoms with E-state index in [2.05, 4.69) is 20.8 Å². The molecule has 2 aromatic rings. The number of benzene rings is 1. The number of ether oxygens (including phenoxy) is 1. The Morgan fingerprint density at radius 2 is 2.04 bits per heavy atom. The van der Waals surface area contributed by atoms with Crippen LogP contribution < -0.4 is 10.6 Å². The molecule has 7 heteroatoms. The Balaban J connectivity index is 1.71. The van der Waals surface area contributed by atoms with E-state index in [-0.39, 0.29) is 23.5 Å². The SMILES string of the molecule is CC(C)[C@@H](NC(=O)N[C@]1(C)CCOC1)c1nc(-c2ccccc2)no1. The van der Waals surface area contributed by atoms with Gasteiger partial charge in [-0.15, -0.1) is 0 Å². The number of nitrogens with one attached hydrogen (secondary N) is 2. The van der Waals surface area contributed by atoms with Crippen LogP contribution in [0.1, 0.15) is 39.1 Å². The van der Waals surface area contributed by atoms with Gasteiger partial charge in [0.2, 0.25) is 11.7 Å². The van der Waals surface area contributed by atoms with Crippen LogP contribution in [0, 0.1) is 5.92 Å². The summed E-state index contributed by atoms with van der Waals surface area (Å²) < 4.78 is 10.8. The molecule has 2 amide bonds. The number of hydrogen-bond donors (Lipinski definition) is 2. The zero-order valence-electron chi connectivity index (χ0n) is 14.8. The molecule has 1 aliphatic rings. The summed E-state index contributed by atoms with van der Waals surface area (Å²) >= 11 is 0. The van der Waals surface area contributed by atoms with Crippen LogP contribution in [-0.2, 0) is 4.74 Å². The first-order valence-electron chi connectivity index (χ1n) is 8.52. The summed E-state index contributed by atoms with van der Waals surface area (Å²) in [7, 11) is 0. The van der Waals surface area contributed by atoms with E-state index in [9.17, 15) is 4.79 Å². The zero-order valence-corrected chi connectivity index (χ0v) is 14.8. The predicted octanol–water partition coefficient (Wildman–Crippen LogP) is 2.91. The molecular formula is C18H24N4O3. The largest absolute Gasteiger partial charge is 0.379 e. The van der Waals surface area contributed by atoms with E-state index in [0.29, 0.717) is 24.9 Å². The van der Waals surface area contributed by atoms with E-state index in [1.807, 2.05) is 51.1 Å². The van der Waals surface area contributed by atoms with Gasteiger partial charge in [-0.25, -0.2) is 4.79 Å². The minimum atomic E-state index is -0.365. The van der Waals surface area contributed by atoms with Gasteiger partial charge >= 0.3 is 6.03 Å². The molecule has 0 saturated carbocycles. The van der Waals surface area contributed by atoms with Crippen LogP contribution in [0.15, 0.2) is 34.9 Å². The van der Waals surface area contributed by atoms with Crippen LogP contribution in [0.4, 0.5) is 4.79 Å². The van der Waals surface area contributed by atoms with Crippen molar-refractivity contribution in [1.29, 1.82) is 0 Å². The van der Waals surface area contributed by atoms with Crippen molar-refractivity contribution in [1.82, 2.24) is 20.8 Å². The molecule has 2 heterocycles. The van der Waals surface area contributed by atoms with Gasteiger partial charge in [0.1, 0.15) is 6.04 Å². The van der Waals surface area contributed by atoms with E-state index < -0.39 is 0 Å². The van der Waals surface area contributed by atoms with Crippen molar-refractivity contribution in [2.24, 2.45) is 5.92 Å². The monoisotopic (exact) mass is 344 g/mol. The third-order valence-electron chi connectivity index (χ3n) is 4.33. The smallest absolute Gasteiger partial charge is 0.315 e. The highest BCUT2D eigenvalue weighted by Gasteiger charge is 2.33. The number of carbonyl (C=O) groups excluding carboxylic acids is 1. The molecule has 1 aromatic carbocycles. The number of carbonyl (C=O) groups is 1. The fourth-order valence-electron chi connectivity index (χ4n) is 2.80. The lowest BCUT2D eigenvalue weighted by atomic mass is 10.0. The number of hydrogen-bond acceptors (Lipinski definition) is 5. The Hall–Kier alpha value is -2.41. The van der Waals surface area contributed by atoms with Gasteiger partial charge in [0.25, 0.3) is 0 Å². The maximum atomic E-state index is 12.4. The molecule has 134 valence electrons. The second-order valence-electron chi connectivity index (χ2n) is 7.01. The lowest BCUT2D eigenvalue weighted by Gasteiger charge is -2.26. The van der Waals surface area contributed by atoms with Gasteiger partial charge < -0.3 is 19.9 Å². The summed E-state index contributed by atoms with van der Waals surface area (Å²) in [6.45, 7) is 7.15. The van der Waals surface area contributed by atoms with Gasteiger partial charge in [-0.3, -0.25) is 0 Å². The number of amides is 2. The van der Waals surface area contributed by atoms with Gasteiger partial charge in [0.05, 0.1) is 12.1 Å². The van der Waals surface area contributed by atoms with Crippen LogP contribution in [0.25, 0.3) is 11.4 Å². The summed E-state index contributed by atoms with van der Waals surface area (Å²) in [5, 5.41) is 9.97. The number of nitrogens with zero attached hydrogens (tertiary/aromatic N) is 2. The second-order valence-corrected chi connectivity index (χ2v) is 7.01. The Kier molecular flexibility index (Phi) is 5.03. The molecule has 1 aliphatic heterocycles. The van der Waals surface area contributed by atoms with Crippen LogP contribution in [0.5, 0.6) is 0 Å². The van der Waals surface area contributed by atoms with Crippen molar-refractivity contribution in [3.63, 3.8) is 0 Å². The average Bonchev–Trinajstić information content (AvgIpc) is 3.22. The van der Waals surface area contributed by atoms with Gasteiger partial charge in [-0.2, -0.15) is 4.98 Å². The normalized spacial score (nSPS) is 21.3. The molecule has 0 spiro atoms. The van der Waals surface area contributed by atoms with Gasteiger partial charge in [-0.1, -0.05) is 49.3 Å². The van der Waals surface area contributed by atoms with Crippen LogP contribution in [0.3, 0.4) is 0 Å². The molecule has 0 aliphatic carbocycles. The van der Waals surface area contributed by atoms with Gasteiger partial charge in [0.15, 0.2) is 0 Å². The van der Waals surface area contributed by atoms with Crippen molar-refractivity contribution >= 4 is 6.03 Å². The highest BCUT2D eigenvalue weighted by Crippen LogP contribution is 2.24. The Bertz CT molecular complexity index is 708. The van der Waals surface area contributed by atoms with Crippen LogP contribution >= 0.6 is 0 Å². The molecule has 25 heavy (non-hydrogen) atoms. The van der Waals surface area contributed by atoms with Crippen molar-refractivity contribution in [3.8, 4) is 11.4 Å². The van der Waals surface area contributed by atoms with Crippen molar-refractivity contribution in [2.75, 3.05) is 13.2 Å². The maximum absolute atomic E-state index is 12.4. The fraction of sp³-hybridized carbons (Fsp3) is 0.500. The van der Waals surface area contributed by atoms with Crippen molar-refractivity contribution in [2.45, 2.75) is 38.8 Å². The van der Waals surface area contributed by atoms with Crippen molar-refractivity contribution in [3.05, 3.63) is 36.2 Å². The van der Waals surface area contributed by atoms with Gasteiger partial charge in [0, 0.05) is 12.2 Å². The molecule has 1 saturated heterocycles. The fourth-order valence-corrected chi connectivity index (χ4v) is 2.80. The van der Waals surface area contributed by atoms with E-state index in [4.69, 9.17) is 9.26 Å². The van der Waals surface area contributed by atoms with E-state index >= 15 is 0 Å². The predicted molar refractivity (Wildman–Crippen MR) is 92.8 cm³/mol. The van der Waals surface area contributed by atoms with Crippen LogP contribution in [-0.4, -0.2) is 34.9 Å². The Morgan fingerprint density at radius 3 is 2.68 bits per heavy atom. The summed E-state index contributed by atoms with van der Waals surface area (Å²) in [6.07, 6.45) is 0.797. The third kappa shape index (κ3) is 4.17. The minimum absolute atomic E-state index is 0.0995. The molecule has 7 nitrogen and oxygen atoms in total. The lowest BCUT2D eigenvalue weighted by Crippen LogP contribution is -2.51. The summed E-state index contributed by atoms with van der Waals surface area (Å²) in [5.41, 5.74) is 0.537. The number of urea groups is 1. The van der Waals surface area contributed by atoms with Crippen LogP contribution in [0.2, 0.25) is 0 Å². The summed E-state index contributed by atoms with van der Waals surface area (Å²) in [4.78, 5) is 16.9. The molecule has 0 radical (unpaired) electrons. The first-order valence-corrected chi connectivity index (χ1v) is 8.52. The highest BCUT2D eigenvalue weighted by molar-refractivity contribution is 5.75. The molecule has 2 N–H and O–H groups in total. The molecule has 0 bridgehead atoms. The first-order chi connectivity index (χ1) is 12.0. The molecular weight excluding hydrogens is 320 g/mol. The van der Waals surface area contributed by atoms with Gasteiger partial charge in [-0.05, 0) is 19.3 Å². The van der Waals surface area contributed by atoms with E-state index in [1.165, 1.54) is 0 Å². The molecule has 1 fully saturated rings. The molecule has 0 unspecified atom stereocenters. The number of aromatic nitrogens is 2. The van der Waals surface area contributed by atoms with E-state index in [0.717, 1.165) is 12.0 Å². The standard InChI is InChI=1S/C18H24N4O3/c1-12(2)14(19-17(23)21-18(3)9-10-24-11-18)16-20-15(22-25-16)13-7-5-4-6-8-13/h4-8,12,14H,9-11H2,1-3H3,(H2,19,21,23)/t14-,18-/m1/s1. The Morgan fingerprint density at radius 1 is 1.28 bits per heavy atom. The summed E-state index contributed by atoms with van der Waals surface area (Å²) in [6, 6.07) is 8.98. The van der Waals surface area contributed by atoms with Crippen molar-refractivity contribution < 1.29 is 14.1 Å². The zero-order chi connectivity index (χ0) is 17.9. The third-order valence-corrected chi connectivity index (χ3v) is 4.33. The van der Waals surface area contributed by atoms with E-state index in [1.54, 1.807) is 0 Å². The second kappa shape index (κ2) is 7.23. The minimum Gasteiger partial charge on any atom is -0.379 e. The quantitative estimate of drug-likeness (QED) is 0.870.